The first-order chi connectivity index (χ1) is 9.52. The van der Waals surface area contributed by atoms with Crippen molar-refractivity contribution in [2.24, 2.45) is 0 Å². The number of halogens is 2. The van der Waals surface area contributed by atoms with Crippen molar-refractivity contribution in [2.45, 2.75) is 20.4 Å². The van der Waals surface area contributed by atoms with Crippen LogP contribution in [0.3, 0.4) is 0 Å². The van der Waals surface area contributed by atoms with Gasteiger partial charge >= 0.3 is 5.97 Å². The van der Waals surface area contributed by atoms with Crippen LogP contribution in [0.15, 0.2) is 34.9 Å². The van der Waals surface area contributed by atoms with Crippen molar-refractivity contribution in [3.05, 3.63) is 57.6 Å². The summed E-state index contributed by atoms with van der Waals surface area (Å²) in [5.74, 6) is -0.636. The second-order valence-corrected chi connectivity index (χ2v) is 5.29. The maximum absolute atomic E-state index is 13.1. The highest BCUT2D eigenvalue weighted by atomic mass is 79.9. The average Bonchev–Trinajstić information content (AvgIpc) is 2.74. The predicted molar refractivity (Wildman–Crippen MR) is 78.3 cm³/mol. The molecular formula is C15H15BrFNO2. The van der Waals surface area contributed by atoms with Crippen molar-refractivity contribution in [2.75, 3.05) is 6.61 Å². The Bertz CT molecular complexity index is 637. The molecule has 0 fully saturated rings. The highest BCUT2D eigenvalue weighted by molar-refractivity contribution is 9.10. The molecule has 5 heteroatoms. The largest absolute Gasteiger partial charge is 0.461 e. The van der Waals surface area contributed by atoms with E-state index in [0.29, 0.717) is 23.3 Å². The third-order valence-corrected chi connectivity index (χ3v) is 3.73. The summed E-state index contributed by atoms with van der Waals surface area (Å²) in [6.07, 6.45) is 1.83. The van der Waals surface area contributed by atoms with Crippen LogP contribution in [-0.2, 0) is 11.3 Å². The third kappa shape index (κ3) is 3.10. The summed E-state index contributed by atoms with van der Waals surface area (Å²) in [5, 5.41) is 0. The molecule has 0 aliphatic carbocycles. The van der Waals surface area contributed by atoms with E-state index in [1.165, 1.54) is 12.1 Å². The van der Waals surface area contributed by atoms with Crippen molar-refractivity contribution in [1.82, 2.24) is 4.57 Å². The smallest absolute Gasteiger partial charge is 0.355 e. The molecule has 0 aliphatic rings. The summed E-state index contributed by atoms with van der Waals surface area (Å²) in [4.78, 5) is 12.0. The summed E-state index contributed by atoms with van der Waals surface area (Å²) in [6.45, 7) is 4.45. The lowest BCUT2D eigenvalue weighted by Gasteiger charge is -2.11. The van der Waals surface area contributed by atoms with Crippen molar-refractivity contribution < 1.29 is 13.9 Å². The van der Waals surface area contributed by atoms with Crippen LogP contribution in [0.1, 0.15) is 28.5 Å². The maximum Gasteiger partial charge on any atom is 0.355 e. The van der Waals surface area contributed by atoms with Gasteiger partial charge in [0, 0.05) is 17.2 Å². The number of carbonyl (C=O) groups excluding carboxylic acids is 1. The zero-order valence-electron chi connectivity index (χ0n) is 11.3. The Kier molecular flexibility index (Phi) is 4.60. The first kappa shape index (κ1) is 14.8. The van der Waals surface area contributed by atoms with Crippen LogP contribution in [0.5, 0.6) is 0 Å². The molecule has 0 bridgehead atoms. The topological polar surface area (TPSA) is 31.2 Å². The van der Waals surface area contributed by atoms with E-state index in [4.69, 9.17) is 4.74 Å². The molecular weight excluding hydrogens is 325 g/mol. The van der Waals surface area contributed by atoms with Gasteiger partial charge in [-0.25, -0.2) is 9.18 Å². The SMILES string of the molecule is CCOC(=O)c1c(C)ccn1Cc1ccc(F)cc1Br. The van der Waals surface area contributed by atoms with E-state index >= 15 is 0 Å². The summed E-state index contributed by atoms with van der Waals surface area (Å²) in [7, 11) is 0. The number of carbonyl (C=O) groups is 1. The first-order valence-corrected chi connectivity index (χ1v) is 7.09. The van der Waals surface area contributed by atoms with Crippen LogP contribution in [-0.4, -0.2) is 17.1 Å². The van der Waals surface area contributed by atoms with E-state index in [9.17, 15) is 9.18 Å². The van der Waals surface area contributed by atoms with Crippen LogP contribution in [0.25, 0.3) is 0 Å². The molecule has 1 aromatic carbocycles. The van der Waals surface area contributed by atoms with E-state index in [1.54, 1.807) is 13.0 Å². The number of ether oxygens (including phenoxy) is 1. The lowest BCUT2D eigenvalue weighted by atomic mass is 10.2. The fraction of sp³-hybridized carbons (Fsp3) is 0.267. The van der Waals surface area contributed by atoms with Crippen LogP contribution >= 0.6 is 15.9 Å². The molecule has 0 radical (unpaired) electrons. The highest BCUT2D eigenvalue weighted by Gasteiger charge is 2.16. The molecule has 3 nitrogen and oxygen atoms in total. The van der Waals surface area contributed by atoms with Gasteiger partial charge in [0.25, 0.3) is 0 Å². The molecule has 2 rings (SSSR count). The molecule has 0 saturated heterocycles. The number of rotatable bonds is 4. The van der Waals surface area contributed by atoms with Crippen LogP contribution < -0.4 is 0 Å². The van der Waals surface area contributed by atoms with Gasteiger partial charge in [-0.1, -0.05) is 22.0 Å². The number of hydrogen-bond donors (Lipinski definition) is 0. The Hall–Kier alpha value is -1.62. The van der Waals surface area contributed by atoms with Crippen LogP contribution in [0, 0.1) is 12.7 Å². The van der Waals surface area contributed by atoms with Gasteiger partial charge in [-0.05, 0) is 43.2 Å². The Morgan fingerprint density at radius 1 is 1.40 bits per heavy atom. The summed E-state index contributed by atoms with van der Waals surface area (Å²) in [5.41, 5.74) is 2.29. The molecule has 0 atom stereocenters. The number of hydrogen-bond acceptors (Lipinski definition) is 2. The quantitative estimate of drug-likeness (QED) is 0.790. The standard InChI is InChI=1S/C15H15BrFNO2/c1-3-20-15(19)14-10(2)6-7-18(14)9-11-4-5-12(17)8-13(11)16/h4-8H,3,9H2,1-2H3. The third-order valence-electron chi connectivity index (χ3n) is 2.99. The highest BCUT2D eigenvalue weighted by Crippen LogP contribution is 2.21. The molecule has 1 heterocycles. The zero-order chi connectivity index (χ0) is 14.7. The van der Waals surface area contributed by atoms with Gasteiger partial charge in [0.2, 0.25) is 0 Å². The number of aromatic nitrogens is 1. The lowest BCUT2D eigenvalue weighted by Crippen LogP contribution is -2.14. The van der Waals surface area contributed by atoms with Gasteiger partial charge in [-0.2, -0.15) is 0 Å². The molecule has 0 amide bonds. The number of aryl methyl sites for hydroxylation is 1. The monoisotopic (exact) mass is 339 g/mol. The van der Waals surface area contributed by atoms with Gasteiger partial charge in [-0.3, -0.25) is 0 Å². The second-order valence-electron chi connectivity index (χ2n) is 4.43. The van der Waals surface area contributed by atoms with Gasteiger partial charge in [-0.15, -0.1) is 0 Å². The molecule has 0 spiro atoms. The molecule has 2 aromatic rings. The Morgan fingerprint density at radius 3 is 2.80 bits per heavy atom. The summed E-state index contributed by atoms with van der Waals surface area (Å²) >= 11 is 3.33. The maximum atomic E-state index is 13.1. The fourth-order valence-corrected chi connectivity index (χ4v) is 2.50. The molecule has 106 valence electrons. The van der Waals surface area contributed by atoms with E-state index < -0.39 is 0 Å². The van der Waals surface area contributed by atoms with Crippen molar-refractivity contribution >= 4 is 21.9 Å². The minimum absolute atomic E-state index is 0.296. The minimum Gasteiger partial charge on any atom is -0.461 e. The second kappa shape index (κ2) is 6.22. The van der Waals surface area contributed by atoms with Gasteiger partial charge in [0.05, 0.1) is 6.61 Å². The van der Waals surface area contributed by atoms with Crippen molar-refractivity contribution in [3.8, 4) is 0 Å². The van der Waals surface area contributed by atoms with Crippen LogP contribution in [0.2, 0.25) is 0 Å². The molecule has 0 saturated carbocycles. The van der Waals surface area contributed by atoms with Crippen molar-refractivity contribution in [3.63, 3.8) is 0 Å². The van der Waals surface area contributed by atoms with Gasteiger partial charge in [0.15, 0.2) is 0 Å². The van der Waals surface area contributed by atoms with E-state index in [1.807, 2.05) is 23.8 Å². The number of benzene rings is 1. The Morgan fingerprint density at radius 2 is 2.15 bits per heavy atom. The first-order valence-electron chi connectivity index (χ1n) is 6.29. The average molecular weight is 340 g/mol. The number of esters is 1. The molecule has 20 heavy (non-hydrogen) atoms. The molecule has 0 aliphatic heterocycles. The Labute approximate surface area is 125 Å². The minimum atomic E-state index is -0.340. The van der Waals surface area contributed by atoms with E-state index in [2.05, 4.69) is 15.9 Å². The van der Waals surface area contributed by atoms with Gasteiger partial charge < -0.3 is 9.30 Å². The molecule has 0 N–H and O–H groups in total. The van der Waals surface area contributed by atoms with Crippen molar-refractivity contribution in [1.29, 1.82) is 0 Å². The zero-order valence-corrected chi connectivity index (χ0v) is 12.9. The summed E-state index contributed by atoms with van der Waals surface area (Å²) < 4.78 is 20.6. The fourth-order valence-electron chi connectivity index (χ4n) is 2.02. The van der Waals surface area contributed by atoms with Gasteiger partial charge in [0.1, 0.15) is 11.5 Å². The predicted octanol–water partition coefficient (Wildman–Crippen LogP) is 3.92. The van der Waals surface area contributed by atoms with E-state index in [0.717, 1.165) is 11.1 Å². The summed E-state index contributed by atoms with van der Waals surface area (Å²) in [6, 6.07) is 6.38. The van der Waals surface area contributed by atoms with E-state index in [-0.39, 0.29) is 11.8 Å². The normalized spacial score (nSPS) is 10.6. The molecule has 0 unspecified atom stereocenters. The van der Waals surface area contributed by atoms with Crippen LogP contribution in [0.4, 0.5) is 4.39 Å². The number of nitrogens with zero attached hydrogens (tertiary/aromatic N) is 1. The molecule has 1 aromatic heterocycles. The Balaban J connectivity index is 2.32. The lowest BCUT2D eigenvalue weighted by molar-refractivity contribution is 0.0513.